The molecule has 6 heteroatoms. The van der Waals surface area contributed by atoms with Crippen LogP contribution in [0.2, 0.25) is 0 Å². The topological polar surface area (TPSA) is 67.9 Å². The third kappa shape index (κ3) is 3.89. The second-order valence-corrected chi connectivity index (χ2v) is 6.78. The smallest absolute Gasteiger partial charge is 0.255 e. The van der Waals surface area contributed by atoms with Crippen LogP contribution in [0.3, 0.4) is 0 Å². The molecule has 27 heavy (non-hydrogen) atoms. The summed E-state index contributed by atoms with van der Waals surface area (Å²) in [4.78, 5) is 27.0. The second kappa shape index (κ2) is 7.70. The quantitative estimate of drug-likeness (QED) is 0.882. The standard InChI is InChI=1S/C21H22N2O4/c24-20(10-8-15-7-9-18-19(13-15)27-14-26-18)22-17-6-2-1-5-16(17)21(25)23-11-3-4-12-23/h1-2,5-7,9,13H,3-4,8,10-12,14H2,(H,22,24). The summed E-state index contributed by atoms with van der Waals surface area (Å²) in [6, 6.07) is 12.9. The molecule has 0 aliphatic carbocycles. The zero-order valence-electron chi connectivity index (χ0n) is 15.1. The molecule has 2 aliphatic rings. The molecule has 0 aromatic heterocycles. The number of hydrogen-bond donors (Lipinski definition) is 1. The third-order valence-corrected chi connectivity index (χ3v) is 4.90. The minimum absolute atomic E-state index is 0.0147. The van der Waals surface area contributed by atoms with Crippen LogP contribution in [-0.4, -0.2) is 36.6 Å². The number of fused-ring (bicyclic) bond motifs is 1. The van der Waals surface area contributed by atoms with Crippen molar-refractivity contribution in [2.75, 3.05) is 25.2 Å². The number of nitrogens with one attached hydrogen (secondary N) is 1. The van der Waals surface area contributed by atoms with Crippen LogP contribution < -0.4 is 14.8 Å². The van der Waals surface area contributed by atoms with Gasteiger partial charge in [-0.25, -0.2) is 0 Å². The number of ether oxygens (including phenoxy) is 2. The number of rotatable bonds is 5. The van der Waals surface area contributed by atoms with Gasteiger partial charge in [-0.15, -0.1) is 0 Å². The molecule has 2 aromatic carbocycles. The number of hydrogen-bond acceptors (Lipinski definition) is 4. The average Bonchev–Trinajstić information content (AvgIpc) is 3.37. The maximum absolute atomic E-state index is 12.7. The molecular formula is C21H22N2O4. The van der Waals surface area contributed by atoms with Crippen molar-refractivity contribution in [2.24, 2.45) is 0 Å². The summed E-state index contributed by atoms with van der Waals surface area (Å²) in [7, 11) is 0. The van der Waals surface area contributed by atoms with Crippen molar-refractivity contribution in [3.63, 3.8) is 0 Å². The Bertz CT molecular complexity index is 859. The van der Waals surface area contributed by atoms with Crippen LogP contribution in [-0.2, 0) is 11.2 Å². The minimum Gasteiger partial charge on any atom is -0.454 e. The molecule has 0 spiro atoms. The van der Waals surface area contributed by atoms with E-state index in [-0.39, 0.29) is 18.6 Å². The largest absolute Gasteiger partial charge is 0.454 e. The Morgan fingerprint density at radius 2 is 1.78 bits per heavy atom. The monoisotopic (exact) mass is 366 g/mol. The highest BCUT2D eigenvalue weighted by atomic mass is 16.7. The molecule has 1 fully saturated rings. The summed E-state index contributed by atoms with van der Waals surface area (Å²) in [5.74, 6) is 1.32. The van der Waals surface area contributed by atoms with Gasteiger partial charge in [0.15, 0.2) is 11.5 Å². The Hall–Kier alpha value is -3.02. The van der Waals surface area contributed by atoms with Crippen molar-refractivity contribution >= 4 is 17.5 Å². The number of amides is 2. The Morgan fingerprint density at radius 3 is 2.63 bits per heavy atom. The summed E-state index contributed by atoms with van der Waals surface area (Å²) >= 11 is 0. The molecule has 2 heterocycles. The first-order valence-corrected chi connectivity index (χ1v) is 9.27. The van der Waals surface area contributed by atoms with Crippen molar-refractivity contribution in [1.29, 1.82) is 0 Å². The lowest BCUT2D eigenvalue weighted by molar-refractivity contribution is -0.116. The first-order chi connectivity index (χ1) is 13.2. The normalized spacial score (nSPS) is 15.0. The molecule has 0 unspecified atom stereocenters. The Morgan fingerprint density at radius 1 is 1.00 bits per heavy atom. The number of para-hydroxylation sites is 1. The molecule has 4 rings (SSSR count). The molecule has 1 N–H and O–H groups in total. The minimum atomic E-state index is -0.116. The van der Waals surface area contributed by atoms with E-state index < -0.39 is 0 Å². The Balaban J connectivity index is 1.39. The summed E-state index contributed by atoms with van der Waals surface area (Å²) in [5, 5.41) is 2.90. The summed E-state index contributed by atoms with van der Waals surface area (Å²) in [5.41, 5.74) is 2.14. The fraction of sp³-hybridized carbons (Fsp3) is 0.333. The van der Waals surface area contributed by atoms with Crippen LogP contribution in [0.25, 0.3) is 0 Å². The number of anilines is 1. The highest BCUT2D eigenvalue weighted by Gasteiger charge is 2.22. The highest BCUT2D eigenvalue weighted by molar-refractivity contribution is 6.03. The molecule has 2 amide bonds. The predicted molar refractivity (Wildman–Crippen MR) is 101 cm³/mol. The van der Waals surface area contributed by atoms with Gasteiger partial charge in [-0.2, -0.15) is 0 Å². The Kier molecular flexibility index (Phi) is 4.96. The number of carbonyl (C=O) groups excluding carboxylic acids is 2. The van der Waals surface area contributed by atoms with Crippen molar-refractivity contribution in [3.8, 4) is 11.5 Å². The van der Waals surface area contributed by atoms with Crippen LogP contribution in [0, 0.1) is 0 Å². The molecule has 2 aliphatic heterocycles. The zero-order valence-corrected chi connectivity index (χ0v) is 15.1. The van der Waals surface area contributed by atoms with E-state index in [1.54, 1.807) is 12.1 Å². The van der Waals surface area contributed by atoms with Gasteiger partial charge in [0.05, 0.1) is 11.3 Å². The van der Waals surface area contributed by atoms with Gasteiger partial charge in [0.2, 0.25) is 12.7 Å². The average molecular weight is 366 g/mol. The van der Waals surface area contributed by atoms with Gasteiger partial charge in [0.25, 0.3) is 5.91 Å². The lowest BCUT2D eigenvalue weighted by Crippen LogP contribution is -2.28. The van der Waals surface area contributed by atoms with Gasteiger partial charge in [0, 0.05) is 19.5 Å². The molecule has 0 saturated carbocycles. The fourth-order valence-electron chi connectivity index (χ4n) is 3.44. The number of aryl methyl sites for hydroxylation is 1. The first-order valence-electron chi connectivity index (χ1n) is 9.27. The van der Waals surface area contributed by atoms with Crippen molar-refractivity contribution in [3.05, 3.63) is 53.6 Å². The van der Waals surface area contributed by atoms with E-state index >= 15 is 0 Å². The molecule has 2 aromatic rings. The van der Waals surface area contributed by atoms with Gasteiger partial charge in [0.1, 0.15) is 0 Å². The third-order valence-electron chi connectivity index (χ3n) is 4.90. The van der Waals surface area contributed by atoms with Gasteiger partial charge < -0.3 is 19.7 Å². The van der Waals surface area contributed by atoms with Crippen molar-refractivity contribution < 1.29 is 19.1 Å². The Labute approximate surface area is 158 Å². The van der Waals surface area contributed by atoms with Crippen molar-refractivity contribution in [2.45, 2.75) is 25.7 Å². The van der Waals surface area contributed by atoms with Crippen LogP contribution in [0.15, 0.2) is 42.5 Å². The van der Waals surface area contributed by atoms with Crippen LogP contribution in [0.1, 0.15) is 35.2 Å². The maximum Gasteiger partial charge on any atom is 0.255 e. The van der Waals surface area contributed by atoms with Crippen LogP contribution in [0.4, 0.5) is 5.69 Å². The van der Waals surface area contributed by atoms with E-state index in [4.69, 9.17) is 9.47 Å². The van der Waals surface area contributed by atoms with Gasteiger partial charge in [-0.3, -0.25) is 9.59 Å². The van der Waals surface area contributed by atoms with Gasteiger partial charge in [-0.05, 0) is 49.1 Å². The molecular weight excluding hydrogens is 344 g/mol. The fourth-order valence-corrected chi connectivity index (χ4v) is 3.44. The van der Waals surface area contributed by atoms with Gasteiger partial charge in [-0.1, -0.05) is 18.2 Å². The van der Waals surface area contributed by atoms with Gasteiger partial charge >= 0.3 is 0 Å². The number of carbonyl (C=O) groups is 2. The van der Waals surface area contributed by atoms with Crippen LogP contribution in [0.5, 0.6) is 11.5 Å². The number of likely N-dealkylation sites (tertiary alicyclic amines) is 1. The predicted octanol–water partition coefficient (Wildman–Crippen LogP) is 3.22. The molecule has 0 radical (unpaired) electrons. The maximum atomic E-state index is 12.7. The number of nitrogens with zero attached hydrogens (tertiary/aromatic N) is 1. The SMILES string of the molecule is O=C(CCc1ccc2c(c1)OCO2)Nc1ccccc1C(=O)N1CCCC1. The summed E-state index contributed by atoms with van der Waals surface area (Å²) < 4.78 is 10.7. The van der Waals surface area contributed by atoms with E-state index in [1.165, 1.54) is 0 Å². The highest BCUT2D eigenvalue weighted by Crippen LogP contribution is 2.32. The molecule has 6 nitrogen and oxygen atoms in total. The van der Waals surface area contributed by atoms with Crippen LogP contribution >= 0.6 is 0 Å². The van der Waals surface area contributed by atoms with Crippen molar-refractivity contribution in [1.82, 2.24) is 4.90 Å². The van der Waals surface area contributed by atoms with E-state index in [1.807, 2.05) is 35.2 Å². The summed E-state index contributed by atoms with van der Waals surface area (Å²) in [6.07, 6.45) is 2.99. The van der Waals surface area contributed by atoms with E-state index in [0.717, 1.165) is 43.0 Å². The first kappa shape index (κ1) is 17.4. The zero-order chi connectivity index (χ0) is 18.6. The van der Waals surface area contributed by atoms with E-state index in [2.05, 4.69) is 5.32 Å². The second-order valence-electron chi connectivity index (χ2n) is 6.78. The van der Waals surface area contributed by atoms with E-state index in [9.17, 15) is 9.59 Å². The van der Waals surface area contributed by atoms with E-state index in [0.29, 0.717) is 24.1 Å². The lowest BCUT2D eigenvalue weighted by Gasteiger charge is -2.18. The number of benzene rings is 2. The lowest BCUT2D eigenvalue weighted by atomic mass is 10.1. The summed E-state index contributed by atoms with van der Waals surface area (Å²) in [6.45, 7) is 1.80. The molecule has 0 bridgehead atoms. The molecule has 140 valence electrons. The molecule has 0 atom stereocenters. The molecule has 1 saturated heterocycles.